The highest BCUT2D eigenvalue weighted by Crippen LogP contribution is 1.90. The van der Waals surface area contributed by atoms with E-state index in [1.165, 1.54) is 6.92 Å². The number of nitrogens with one attached hydrogen (secondary N) is 1. The predicted octanol–water partition coefficient (Wildman–Crippen LogP) is -0.654. The Morgan fingerprint density at radius 1 is 1.38 bits per heavy atom. The molecule has 2 amide bonds. The summed E-state index contributed by atoms with van der Waals surface area (Å²) in [6.45, 7) is 2.99. The molecule has 0 bridgehead atoms. The molecule has 0 rings (SSSR count). The van der Waals surface area contributed by atoms with Gasteiger partial charge in [0.05, 0.1) is 6.42 Å². The van der Waals surface area contributed by atoms with Crippen molar-refractivity contribution in [1.82, 2.24) is 5.32 Å². The normalized spacial score (nSPS) is 11.8. The molecule has 0 radical (unpaired) electrons. The Morgan fingerprint density at radius 2 is 1.92 bits per heavy atom. The van der Waals surface area contributed by atoms with Gasteiger partial charge in [0.2, 0.25) is 11.8 Å². The molecule has 0 spiro atoms. The summed E-state index contributed by atoms with van der Waals surface area (Å²) in [5, 5.41) is 2.48. The van der Waals surface area contributed by atoms with Crippen molar-refractivity contribution in [2.75, 3.05) is 0 Å². The zero-order valence-electron chi connectivity index (χ0n) is 7.79. The lowest BCUT2D eigenvalue weighted by Crippen LogP contribution is -2.36. The van der Waals surface area contributed by atoms with Crippen molar-refractivity contribution in [1.29, 1.82) is 0 Å². The number of rotatable bonds is 5. The van der Waals surface area contributed by atoms with E-state index in [0.29, 0.717) is 0 Å². The molecule has 0 aromatic rings. The lowest BCUT2D eigenvalue weighted by Gasteiger charge is -2.10. The lowest BCUT2D eigenvalue weighted by molar-refractivity contribution is -0.127. The number of hydrogen-bond acceptors (Lipinski definition) is 3. The summed E-state index contributed by atoms with van der Waals surface area (Å²) >= 11 is 0. The summed E-state index contributed by atoms with van der Waals surface area (Å²) in [4.78, 5) is 31.9. The molecule has 0 aromatic heterocycles. The Labute approximate surface area is 76.7 Å². The van der Waals surface area contributed by atoms with Crippen molar-refractivity contribution in [2.45, 2.75) is 32.7 Å². The monoisotopic (exact) mass is 186 g/mol. The van der Waals surface area contributed by atoms with Gasteiger partial charge in [-0.15, -0.1) is 0 Å². The maximum Gasteiger partial charge on any atom is 0.227 e. The van der Waals surface area contributed by atoms with E-state index in [0.717, 1.165) is 0 Å². The predicted molar refractivity (Wildman–Crippen MR) is 46.7 cm³/mol. The van der Waals surface area contributed by atoms with Gasteiger partial charge in [-0.25, -0.2) is 0 Å². The molecule has 0 saturated heterocycles. The second-order valence-electron chi connectivity index (χ2n) is 3.02. The van der Waals surface area contributed by atoms with E-state index in [4.69, 9.17) is 5.73 Å². The fourth-order valence-corrected chi connectivity index (χ4v) is 0.905. The molecule has 0 fully saturated rings. The van der Waals surface area contributed by atoms with Crippen LogP contribution in [0, 0.1) is 0 Å². The van der Waals surface area contributed by atoms with Gasteiger partial charge >= 0.3 is 0 Å². The summed E-state index contributed by atoms with van der Waals surface area (Å²) in [5.41, 5.74) is 4.91. The maximum absolute atomic E-state index is 11.0. The summed E-state index contributed by atoms with van der Waals surface area (Å²) < 4.78 is 0. The Balaban J connectivity index is 3.78. The van der Waals surface area contributed by atoms with E-state index in [1.54, 1.807) is 6.92 Å². The molecule has 5 nitrogen and oxygen atoms in total. The summed E-state index contributed by atoms with van der Waals surface area (Å²) in [7, 11) is 0. The molecule has 1 atom stereocenters. The van der Waals surface area contributed by atoms with Crippen LogP contribution in [0.5, 0.6) is 0 Å². The standard InChI is InChI=1S/C8H14N2O3/c1-5(3-7(9)12)10-8(13)4-6(2)11/h5H,3-4H2,1-2H3,(H2,9,12)(H,10,13). The van der Waals surface area contributed by atoms with Crippen LogP contribution in [0.25, 0.3) is 0 Å². The van der Waals surface area contributed by atoms with Crippen molar-refractivity contribution >= 4 is 17.6 Å². The van der Waals surface area contributed by atoms with Gasteiger partial charge in [0.25, 0.3) is 0 Å². The van der Waals surface area contributed by atoms with E-state index in [-0.39, 0.29) is 30.6 Å². The minimum Gasteiger partial charge on any atom is -0.370 e. The van der Waals surface area contributed by atoms with Gasteiger partial charge in [-0.1, -0.05) is 0 Å². The van der Waals surface area contributed by atoms with Gasteiger partial charge in [0.1, 0.15) is 5.78 Å². The Bertz CT molecular complexity index is 225. The van der Waals surface area contributed by atoms with Crippen molar-refractivity contribution in [3.05, 3.63) is 0 Å². The van der Waals surface area contributed by atoms with Crippen LogP contribution in [0.15, 0.2) is 0 Å². The summed E-state index contributed by atoms with van der Waals surface area (Å²) in [6, 6.07) is -0.315. The molecule has 0 aliphatic carbocycles. The topological polar surface area (TPSA) is 89.3 Å². The number of hydrogen-bond donors (Lipinski definition) is 2. The number of primary amides is 1. The molecule has 3 N–H and O–H groups in total. The van der Waals surface area contributed by atoms with Gasteiger partial charge in [0, 0.05) is 12.5 Å². The molecular weight excluding hydrogens is 172 g/mol. The third-order valence-electron chi connectivity index (χ3n) is 1.32. The number of ketones is 1. The number of carbonyl (C=O) groups excluding carboxylic acids is 3. The first kappa shape index (κ1) is 11.6. The highest BCUT2D eigenvalue weighted by Gasteiger charge is 2.10. The maximum atomic E-state index is 11.0. The fraction of sp³-hybridized carbons (Fsp3) is 0.625. The highest BCUT2D eigenvalue weighted by atomic mass is 16.2. The van der Waals surface area contributed by atoms with Crippen molar-refractivity contribution in [3.63, 3.8) is 0 Å². The largest absolute Gasteiger partial charge is 0.370 e. The van der Waals surface area contributed by atoms with Crippen LogP contribution < -0.4 is 11.1 Å². The Hall–Kier alpha value is -1.39. The van der Waals surface area contributed by atoms with Crippen molar-refractivity contribution in [3.8, 4) is 0 Å². The minimum atomic E-state index is -0.476. The van der Waals surface area contributed by atoms with Gasteiger partial charge in [-0.2, -0.15) is 0 Å². The quantitative estimate of drug-likeness (QED) is 0.559. The molecular formula is C8H14N2O3. The van der Waals surface area contributed by atoms with Crippen molar-refractivity contribution in [2.24, 2.45) is 5.73 Å². The molecule has 13 heavy (non-hydrogen) atoms. The first-order valence-corrected chi connectivity index (χ1v) is 3.99. The molecule has 5 heteroatoms. The third-order valence-corrected chi connectivity index (χ3v) is 1.32. The van der Waals surface area contributed by atoms with Gasteiger partial charge in [-0.3, -0.25) is 14.4 Å². The number of nitrogens with two attached hydrogens (primary N) is 1. The van der Waals surface area contributed by atoms with Gasteiger partial charge in [-0.05, 0) is 13.8 Å². The van der Waals surface area contributed by atoms with Crippen LogP contribution >= 0.6 is 0 Å². The first-order valence-electron chi connectivity index (χ1n) is 3.99. The SMILES string of the molecule is CC(=O)CC(=O)NC(C)CC(N)=O. The van der Waals surface area contributed by atoms with E-state index in [9.17, 15) is 14.4 Å². The average Bonchev–Trinajstić information content (AvgIpc) is 1.80. The van der Waals surface area contributed by atoms with E-state index < -0.39 is 5.91 Å². The minimum absolute atomic E-state index is 0.0869. The molecule has 0 aromatic carbocycles. The van der Waals surface area contributed by atoms with Crippen LogP contribution in [0.4, 0.5) is 0 Å². The van der Waals surface area contributed by atoms with Crippen LogP contribution in [-0.4, -0.2) is 23.6 Å². The van der Waals surface area contributed by atoms with Crippen molar-refractivity contribution < 1.29 is 14.4 Å². The van der Waals surface area contributed by atoms with Crippen LogP contribution in [0.2, 0.25) is 0 Å². The molecule has 0 saturated carbocycles. The zero-order valence-corrected chi connectivity index (χ0v) is 7.79. The fourth-order valence-electron chi connectivity index (χ4n) is 0.905. The molecule has 0 aliphatic heterocycles. The highest BCUT2D eigenvalue weighted by molar-refractivity contribution is 5.97. The van der Waals surface area contributed by atoms with E-state index >= 15 is 0 Å². The van der Waals surface area contributed by atoms with Crippen LogP contribution in [-0.2, 0) is 14.4 Å². The molecule has 74 valence electrons. The second kappa shape index (κ2) is 5.29. The molecule has 1 unspecified atom stereocenters. The smallest absolute Gasteiger partial charge is 0.227 e. The van der Waals surface area contributed by atoms with E-state index in [1.807, 2.05) is 0 Å². The van der Waals surface area contributed by atoms with E-state index in [2.05, 4.69) is 5.32 Å². The summed E-state index contributed by atoms with van der Waals surface area (Å²) in [5.74, 6) is -1.05. The summed E-state index contributed by atoms with van der Waals surface area (Å²) in [6.07, 6.45) is -0.0628. The third kappa shape index (κ3) is 6.99. The number of carbonyl (C=O) groups is 3. The lowest BCUT2D eigenvalue weighted by atomic mass is 10.2. The number of amides is 2. The van der Waals surface area contributed by atoms with Crippen LogP contribution in [0.3, 0.4) is 0 Å². The Kier molecular flexibility index (Phi) is 4.72. The van der Waals surface area contributed by atoms with Crippen LogP contribution in [0.1, 0.15) is 26.7 Å². The molecule has 0 aliphatic rings. The average molecular weight is 186 g/mol. The molecule has 0 heterocycles. The Morgan fingerprint density at radius 3 is 2.31 bits per heavy atom. The zero-order chi connectivity index (χ0) is 10.4. The van der Waals surface area contributed by atoms with Gasteiger partial charge in [0.15, 0.2) is 0 Å². The second-order valence-corrected chi connectivity index (χ2v) is 3.02. The first-order chi connectivity index (χ1) is 5.91. The van der Waals surface area contributed by atoms with Gasteiger partial charge < -0.3 is 11.1 Å². The number of Topliss-reactive ketones (excluding diaryl/α,β-unsaturated/α-hetero) is 1.